The summed E-state index contributed by atoms with van der Waals surface area (Å²) in [7, 11) is 0. The molecule has 1 N–H and O–H groups in total. The van der Waals surface area contributed by atoms with E-state index in [9.17, 15) is 9.59 Å². The number of nitrogens with one attached hydrogen (secondary N) is 1. The third-order valence-corrected chi connectivity index (χ3v) is 6.53. The van der Waals surface area contributed by atoms with Crippen LogP contribution in [0, 0.1) is 0 Å². The van der Waals surface area contributed by atoms with E-state index in [1.807, 2.05) is 72.8 Å². The zero-order chi connectivity index (χ0) is 26.7. The van der Waals surface area contributed by atoms with Gasteiger partial charge in [0.1, 0.15) is 11.8 Å². The van der Waals surface area contributed by atoms with Crippen LogP contribution in [0.1, 0.15) is 16.7 Å². The Kier molecular flexibility index (Phi) is 9.79. The van der Waals surface area contributed by atoms with E-state index in [0.29, 0.717) is 28.8 Å². The van der Waals surface area contributed by atoms with Crippen molar-refractivity contribution in [3.8, 4) is 5.75 Å². The van der Waals surface area contributed by atoms with Crippen LogP contribution in [0.3, 0.4) is 0 Å². The minimum Gasteiger partial charge on any atom is -0.484 e. The first kappa shape index (κ1) is 27.2. The number of rotatable bonds is 11. The maximum atomic E-state index is 13.7. The summed E-state index contributed by atoms with van der Waals surface area (Å²) in [6, 6.07) is 32.5. The largest absolute Gasteiger partial charge is 0.484 e. The average Bonchev–Trinajstić information content (AvgIpc) is 2.95. The Balaban J connectivity index is 1.60. The van der Waals surface area contributed by atoms with Gasteiger partial charge < -0.3 is 15.0 Å². The zero-order valence-electron chi connectivity index (χ0n) is 20.7. The van der Waals surface area contributed by atoms with Crippen LogP contribution in [0.5, 0.6) is 5.75 Å². The lowest BCUT2D eigenvalue weighted by Gasteiger charge is -2.31. The van der Waals surface area contributed by atoms with Gasteiger partial charge in [-0.1, -0.05) is 96.0 Å². The van der Waals surface area contributed by atoms with Gasteiger partial charge in [-0.25, -0.2) is 0 Å². The molecule has 0 bridgehead atoms. The van der Waals surface area contributed by atoms with Gasteiger partial charge in [0, 0.05) is 29.6 Å². The van der Waals surface area contributed by atoms with Crippen LogP contribution in [-0.2, 0) is 29.1 Å². The van der Waals surface area contributed by atoms with Gasteiger partial charge in [-0.2, -0.15) is 0 Å². The van der Waals surface area contributed by atoms with Crippen LogP contribution in [0.25, 0.3) is 0 Å². The van der Waals surface area contributed by atoms with E-state index >= 15 is 0 Å². The number of para-hydroxylation sites is 1. The van der Waals surface area contributed by atoms with Gasteiger partial charge in [0.15, 0.2) is 6.61 Å². The molecule has 0 saturated carbocycles. The van der Waals surface area contributed by atoms with Crippen molar-refractivity contribution in [3.63, 3.8) is 0 Å². The normalized spacial score (nSPS) is 11.4. The highest BCUT2D eigenvalue weighted by Gasteiger charge is 2.30. The molecule has 4 aromatic carbocycles. The van der Waals surface area contributed by atoms with Crippen molar-refractivity contribution in [2.24, 2.45) is 0 Å². The van der Waals surface area contributed by atoms with E-state index in [-0.39, 0.29) is 25.0 Å². The molecule has 0 fully saturated rings. The summed E-state index contributed by atoms with van der Waals surface area (Å²) >= 11 is 12.1. The van der Waals surface area contributed by atoms with Gasteiger partial charge in [-0.3, -0.25) is 9.59 Å². The van der Waals surface area contributed by atoms with E-state index in [4.69, 9.17) is 27.9 Å². The quantitative estimate of drug-likeness (QED) is 0.239. The number of ether oxygens (including phenoxy) is 1. The predicted octanol–water partition coefficient (Wildman–Crippen LogP) is 6.33. The second-order valence-corrected chi connectivity index (χ2v) is 9.67. The number of hydrogen-bond donors (Lipinski definition) is 1. The Morgan fingerprint density at radius 1 is 0.711 bits per heavy atom. The van der Waals surface area contributed by atoms with Gasteiger partial charge in [0.05, 0.1) is 0 Å². The fraction of sp³-hybridized carbons (Fsp3) is 0.161. The van der Waals surface area contributed by atoms with Crippen molar-refractivity contribution < 1.29 is 14.3 Å². The summed E-state index contributed by atoms with van der Waals surface area (Å²) in [4.78, 5) is 28.9. The molecule has 5 nitrogen and oxygen atoms in total. The monoisotopic (exact) mass is 546 g/mol. The minimum atomic E-state index is -0.771. The summed E-state index contributed by atoms with van der Waals surface area (Å²) in [6.07, 6.45) is 0.345. The number of nitrogens with zero attached hydrogens (tertiary/aromatic N) is 1. The molecule has 4 aromatic rings. The predicted molar refractivity (Wildman–Crippen MR) is 151 cm³/mol. The molecule has 0 saturated heterocycles. The van der Waals surface area contributed by atoms with Crippen molar-refractivity contribution >= 4 is 35.0 Å². The fourth-order valence-corrected chi connectivity index (χ4v) is 4.25. The van der Waals surface area contributed by atoms with Crippen LogP contribution >= 0.6 is 23.2 Å². The Morgan fingerprint density at radius 2 is 1.26 bits per heavy atom. The maximum Gasteiger partial charge on any atom is 0.261 e. The van der Waals surface area contributed by atoms with Gasteiger partial charge in [-0.15, -0.1) is 0 Å². The van der Waals surface area contributed by atoms with E-state index in [1.54, 1.807) is 41.3 Å². The van der Waals surface area contributed by atoms with Gasteiger partial charge in [-0.05, 0) is 53.1 Å². The number of benzene rings is 4. The summed E-state index contributed by atoms with van der Waals surface area (Å²) in [5.74, 6) is 0.0243. The number of carbonyl (C=O) groups excluding carboxylic acids is 2. The first-order valence-corrected chi connectivity index (χ1v) is 13.0. The van der Waals surface area contributed by atoms with Crippen LogP contribution < -0.4 is 10.1 Å². The Hall–Kier alpha value is -3.80. The first-order valence-electron chi connectivity index (χ1n) is 12.3. The molecular weight excluding hydrogens is 519 g/mol. The molecule has 0 spiro atoms. The van der Waals surface area contributed by atoms with Crippen LogP contribution in [0.4, 0.5) is 0 Å². The molecule has 7 heteroatoms. The smallest absolute Gasteiger partial charge is 0.261 e. The van der Waals surface area contributed by atoms with Crippen LogP contribution in [0.2, 0.25) is 10.0 Å². The fourth-order valence-electron chi connectivity index (χ4n) is 3.99. The summed E-state index contributed by atoms with van der Waals surface area (Å²) in [5, 5.41) is 4.23. The lowest BCUT2D eigenvalue weighted by molar-refractivity contribution is -0.142. The standard InChI is InChI=1S/C31H28Cl2N2O3/c32-26-15-11-24(12-16-26)20-34-31(37)29(19-23-7-3-1-4-8-23)35(21-25-13-17-27(33)18-14-25)30(36)22-38-28-9-5-2-6-10-28/h1-18,29H,19-22H2,(H,34,37). The zero-order valence-corrected chi connectivity index (χ0v) is 22.2. The molecule has 1 atom stereocenters. The third kappa shape index (κ3) is 8.10. The van der Waals surface area contributed by atoms with E-state index in [0.717, 1.165) is 16.7 Å². The van der Waals surface area contributed by atoms with Crippen LogP contribution in [-0.4, -0.2) is 29.4 Å². The SMILES string of the molecule is O=C(NCc1ccc(Cl)cc1)C(Cc1ccccc1)N(Cc1ccc(Cl)cc1)C(=O)COc1ccccc1. The van der Waals surface area contributed by atoms with Crippen molar-refractivity contribution in [2.45, 2.75) is 25.6 Å². The van der Waals surface area contributed by atoms with E-state index in [2.05, 4.69) is 5.32 Å². The molecule has 0 heterocycles. The highest BCUT2D eigenvalue weighted by molar-refractivity contribution is 6.30. The molecule has 0 aliphatic rings. The summed E-state index contributed by atoms with van der Waals surface area (Å²) < 4.78 is 5.77. The Morgan fingerprint density at radius 3 is 1.87 bits per heavy atom. The van der Waals surface area contributed by atoms with Crippen molar-refractivity contribution in [3.05, 3.63) is 136 Å². The van der Waals surface area contributed by atoms with Crippen molar-refractivity contribution in [1.82, 2.24) is 10.2 Å². The van der Waals surface area contributed by atoms with Gasteiger partial charge in [0.25, 0.3) is 5.91 Å². The Labute approximate surface area is 233 Å². The number of carbonyl (C=O) groups is 2. The van der Waals surface area contributed by atoms with E-state index in [1.165, 1.54) is 0 Å². The molecule has 0 aliphatic heterocycles. The van der Waals surface area contributed by atoms with Crippen LogP contribution in [0.15, 0.2) is 109 Å². The molecule has 38 heavy (non-hydrogen) atoms. The lowest BCUT2D eigenvalue weighted by Crippen LogP contribution is -2.51. The summed E-state index contributed by atoms with van der Waals surface area (Å²) in [6.45, 7) is 0.332. The molecule has 0 aliphatic carbocycles. The minimum absolute atomic E-state index is 0.201. The third-order valence-electron chi connectivity index (χ3n) is 6.02. The number of hydrogen-bond acceptors (Lipinski definition) is 3. The van der Waals surface area contributed by atoms with Gasteiger partial charge in [0.2, 0.25) is 5.91 Å². The Bertz CT molecular complexity index is 1320. The lowest BCUT2D eigenvalue weighted by atomic mass is 10.0. The molecule has 0 radical (unpaired) electrons. The highest BCUT2D eigenvalue weighted by Crippen LogP contribution is 2.18. The highest BCUT2D eigenvalue weighted by atomic mass is 35.5. The first-order chi connectivity index (χ1) is 18.5. The molecule has 194 valence electrons. The average molecular weight is 547 g/mol. The second-order valence-electron chi connectivity index (χ2n) is 8.80. The van der Waals surface area contributed by atoms with E-state index < -0.39 is 6.04 Å². The summed E-state index contributed by atoms with van der Waals surface area (Å²) in [5.41, 5.74) is 2.70. The second kappa shape index (κ2) is 13.7. The maximum absolute atomic E-state index is 13.7. The van der Waals surface area contributed by atoms with Crippen molar-refractivity contribution in [2.75, 3.05) is 6.61 Å². The van der Waals surface area contributed by atoms with Gasteiger partial charge >= 0.3 is 0 Å². The molecule has 1 unspecified atom stereocenters. The molecule has 2 amide bonds. The molecular formula is C31H28Cl2N2O3. The number of amides is 2. The molecule has 0 aromatic heterocycles. The van der Waals surface area contributed by atoms with Crippen molar-refractivity contribution in [1.29, 1.82) is 0 Å². The number of halogens is 2. The topological polar surface area (TPSA) is 58.6 Å². The molecule has 4 rings (SSSR count).